The molecule has 0 bridgehead atoms. The van der Waals surface area contributed by atoms with Crippen LogP contribution in [0.4, 0.5) is 0 Å². The van der Waals surface area contributed by atoms with Crippen molar-refractivity contribution < 1.29 is 5.11 Å². The molecule has 3 atom stereocenters. The van der Waals surface area contributed by atoms with Gasteiger partial charge in [0.1, 0.15) is 0 Å². The maximum absolute atomic E-state index is 10.3. The third-order valence-corrected chi connectivity index (χ3v) is 4.15. The van der Waals surface area contributed by atoms with E-state index in [-0.39, 0.29) is 6.10 Å². The number of β-amino-alcohol motifs (C(OH)–C–C–N with tert-alkyl or cyclic N) is 1. The van der Waals surface area contributed by atoms with Crippen molar-refractivity contribution in [3.8, 4) is 0 Å². The highest BCUT2D eigenvalue weighted by molar-refractivity contribution is 5.23. The van der Waals surface area contributed by atoms with Crippen molar-refractivity contribution >= 4 is 0 Å². The number of aliphatic hydroxyl groups excluding tert-OH is 1. The van der Waals surface area contributed by atoms with Crippen LogP contribution >= 0.6 is 0 Å². The molecule has 0 aromatic heterocycles. The molecule has 0 aliphatic carbocycles. The van der Waals surface area contributed by atoms with Gasteiger partial charge in [-0.15, -0.1) is 0 Å². The molecule has 1 saturated heterocycles. The Morgan fingerprint density at radius 1 is 1.28 bits per heavy atom. The molecule has 0 saturated carbocycles. The molecule has 3 unspecified atom stereocenters. The second-order valence-corrected chi connectivity index (χ2v) is 5.90. The molecule has 100 valence electrons. The Hall–Kier alpha value is -0.860. The first-order valence-corrected chi connectivity index (χ1v) is 7.05. The van der Waals surface area contributed by atoms with Crippen molar-refractivity contribution in [1.29, 1.82) is 0 Å². The minimum Gasteiger partial charge on any atom is -0.387 e. The summed E-state index contributed by atoms with van der Waals surface area (Å²) in [6.07, 6.45) is 2.15. The second-order valence-electron chi connectivity index (χ2n) is 5.90. The fourth-order valence-corrected chi connectivity index (χ4v) is 2.84. The van der Waals surface area contributed by atoms with E-state index >= 15 is 0 Å². The summed E-state index contributed by atoms with van der Waals surface area (Å²) >= 11 is 0. The van der Waals surface area contributed by atoms with Crippen LogP contribution in [0.2, 0.25) is 0 Å². The van der Waals surface area contributed by atoms with Gasteiger partial charge in [0.15, 0.2) is 0 Å². The number of rotatable bonds is 3. The summed E-state index contributed by atoms with van der Waals surface area (Å²) in [5.74, 6) is 0.827. The van der Waals surface area contributed by atoms with Crippen LogP contribution in [0.3, 0.4) is 0 Å². The summed E-state index contributed by atoms with van der Waals surface area (Å²) < 4.78 is 0. The van der Waals surface area contributed by atoms with Crippen LogP contribution < -0.4 is 0 Å². The van der Waals surface area contributed by atoms with Crippen molar-refractivity contribution in [2.45, 2.75) is 45.8 Å². The number of hydrogen-bond acceptors (Lipinski definition) is 2. The Kier molecular flexibility index (Phi) is 4.41. The van der Waals surface area contributed by atoms with E-state index in [4.69, 9.17) is 0 Å². The number of nitrogens with zero attached hydrogens (tertiary/aromatic N) is 1. The normalized spacial score (nSPS) is 27.1. The Morgan fingerprint density at radius 2 is 1.94 bits per heavy atom. The van der Waals surface area contributed by atoms with E-state index < -0.39 is 0 Å². The first-order chi connectivity index (χ1) is 8.56. The van der Waals surface area contributed by atoms with Gasteiger partial charge in [-0.25, -0.2) is 0 Å². The van der Waals surface area contributed by atoms with Gasteiger partial charge in [-0.05, 0) is 44.7 Å². The molecule has 1 heterocycles. The van der Waals surface area contributed by atoms with Crippen LogP contribution in [0, 0.1) is 12.8 Å². The first-order valence-electron chi connectivity index (χ1n) is 7.05. The number of likely N-dealkylation sites (tertiary alicyclic amines) is 1. The standard InChI is InChI=1S/C16H25NO/c1-12-4-6-15(7-5-12)16(18)11-17-9-8-13(2)10-14(17)3/h4-7,13-14,16,18H,8-11H2,1-3H3. The average Bonchev–Trinajstić information content (AvgIpc) is 2.33. The van der Waals surface area contributed by atoms with Gasteiger partial charge in [-0.2, -0.15) is 0 Å². The fourth-order valence-electron chi connectivity index (χ4n) is 2.84. The molecule has 1 aromatic rings. The number of hydrogen-bond donors (Lipinski definition) is 1. The SMILES string of the molecule is Cc1ccc(C(O)CN2CCC(C)CC2C)cc1. The van der Waals surface area contributed by atoms with Crippen molar-refractivity contribution in [3.05, 3.63) is 35.4 Å². The lowest BCUT2D eigenvalue weighted by Gasteiger charge is -2.37. The van der Waals surface area contributed by atoms with E-state index in [9.17, 15) is 5.11 Å². The van der Waals surface area contributed by atoms with Gasteiger partial charge in [0, 0.05) is 12.6 Å². The topological polar surface area (TPSA) is 23.5 Å². The molecule has 1 aliphatic heterocycles. The van der Waals surface area contributed by atoms with Crippen molar-refractivity contribution in [2.75, 3.05) is 13.1 Å². The number of aryl methyl sites for hydroxylation is 1. The predicted octanol–water partition coefficient (Wildman–Crippen LogP) is 3.15. The summed E-state index contributed by atoms with van der Waals surface area (Å²) in [5, 5.41) is 10.3. The van der Waals surface area contributed by atoms with Gasteiger partial charge < -0.3 is 5.11 Å². The van der Waals surface area contributed by atoms with Crippen LogP contribution in [0.1, 0.15) is 43.9 Å². The lowest BCUT2D eigenvalue weighted by molar-refractivity contribution is 0.0601. The molecule has 18 heavy (non-hydrogen) atoms. The Labute approximate surface area is 111 Å². The highest BCUT2D eigenvalue weighted by atomic mass is 16.3. The molecule has 1 fully saturated rings. The molecule has 2 nitrogen and oxygen atoms in total. The zero-order chi connectivity index (χ0) is 13.1. The summed E-state index contributed by atoms with van der Waals surface area (Å²) in [6, 6.07) is 8.81. The zero-order valence-corrected chi connectivity index (χ0v) is 11.8. The number of aliphatic hydroxyl groups is 1. The lowest BCUT2D eigenvalue weighted by atomic mass is 9.93. The van der Waals surface area contributed by atoms with E-state index in [1.165, 1.54) is 18.4 Å². The van der Waals surface area contributed by atoms with Gasteiger partial charge in [0.2, 0.25) is 0 Å². The fraction of sp³-hybridized carbons (Fsp3) is 0.625. The molecular weight excluding hydrogens is 222 g/mol. The van der Waals surface area contributed by atoms with Crippen LogP contribution in [0.15, 0.2) is 24.3 Å². The largest absolute Gasteiger partial charge is 0.387 e. The summed E-state index contributed by atoms with van der Waals surface area (Å²) in [4.78, 5) is 2.42. The van der Waals surface area contributed by atoms with E-state index in [1.54, 1.807) is 0 Å². The van der Waals surface area contributed by atoms with E-state index in [0.717, 1.165) is 24.6 Å². The first kappa shape index (κ1) is 13.6. The van der Waals surface area contributed by atoms with E-state index in [0.29, 0.717) is 6.04 Å². The second kappa shape index (κ2) is 5.85. The summed E-state index contributed by atoms with van der Waals surface area (Å²) in [7, 11) is 0. The van der Waals surface area contributed by atoms with Gasteiger partial charge in [0.05, 0.1) is 6.10 Å². The third-order valence-electron chi connectivity index (χ3n) is 4.15. The molecule has 0 amide bonds. The Balaban J connectivity index is 1.94. The molecule has 2 rings (SSSR count). The molecule has 2 heteroatoms. The molecule has 1 aromatic carbocycles. The third kappa shape index (κ3) is 3.33. The highest BCUT2D eigenvalue weighted by Gasteiger charge is 2.24. The van der Waals surface area contributed by atoms with Crippen LogP contribution in [0.25, 0.3) is 0 Å². The van der Waals surface area contributed by atoms with Gasteiger partial charge in [-0.1, -0.05) is 36.8 Å². The number of benzene rings is 1. The molecule has 0 radical (unpaired) electrons. The average molecular weight is 247 g/mol. The minimum absolute atomic E-state index is 0.360. The molecule has 0 spiro atoms. The van der Waals surface area contributed by atoms with Crippen molar-refractivity contribution in [3.63, 3.8) is 0 Å². The lowest BCUT2D eigenvalue weighted by Crippen LogP contribution is -2.42. The number of piperidine rings is 1. The summed E-state index contributed by atoms with van der Waals surface area (Å²) in [5.41, 5.74) is 2.28. The van der Waals surface area contributed by atoms with Crippen LogP contribution in [-0.4, -0.2) is 29.1 Å². The Morgan fingerprint density at radius 3 is 2.56 bits per heavy atom. The van der Waals surface area contributed by atoms with Gasteiger partial charge in [-0.3, -0.25) is 4.90 Å². The maximum atomic E-state index is 10.3. The van der Waals surface area contributed by atoms with Crippen molar-refractivity contribution in [2.24, 2.45) is 5.92 Å². The maximum Gasteiger partial charge on any atom is 0.0917 e. The Bertz CT molecular complexity index is 373. The quantitative estimate of drug-likeness (QED) is 0.887. The summed E-state index contributed by atoms with van der Waals surface area (Å²) in [6.45, 7) is 8.55. The predicted molar refractivity (Wildman–Crippen MR) is 75.6 cm³/mol. The van der Waals surface area contributed by atoms with E-state index in [2.05, 4.69) is 37.8 Å². The van der Waals surface area contributed by atoms with Crippen LogP contribution in [-0.2, 0) is 0 Å². The zero-order valence-electron chi connectivity index (χ0n) is 11.8. The molecule has 1 N–H and O–H groups in total. The minimum atomic E-state index is -0.360. The van der Waals surface area contributed by atoms with Crippen molar-refractivity contribution in [1.82, 2.24) is 4.90 Å². The highest BCUT2D eigenvalue weighted by Crippen LogP contribution is 2.24. The monoisotopic (exact) mass is 247 g/mol. The molecular formula is C16H25NO. The van der Waals surface area contributed by atoms with Gasteiger partial charge in [0.25, 0.3) is 0 Å². The van der Waals surface area contributed by atoms with Gasteiger partial charge >= 0.3 is 0 Å². The van der Waals surface area contributed by atoms with E-state index in [1.807, 2.05) is 12.1 Å². The van der Waals surface area contributed by atoms with Crippen LogP contribution in [0.5, 0.6) is 0 Å². The molecule has 1 aliphatic rings. The smallest absolute Gasteiger partial charge is 0.0917 e.